The van der Waals surface area contributed by atoms with Crippen molar-refractivity contribution in [2.75, 3.05) is 0 Å². The fourth-order valence-electron chi connectivity index (χ4n) is 3.33. The molecule has 1 aliphatic carbocycles. The third-order valence-electron chi connectivity index (χ3n) is 4.80. The number of hydrogen-bond acceptors (Lipinski definition) is 3. The van der Waals surface area contributed by atoms with Crippen molar-refractivity contribution in [2.45, 2.75) is 43.9 Å². The molecule has 2 aromatic carbocycles. The van der Waals surface area contributed by atoms with E-state index in [4.69, 9.17) is 0 Å². The number of carbonyl (C=O) groups is 1. The lowest BCUT2D eigenvalue weighted by atomic mass is 9.78. The molecule has 0 bridgehead atoms. The van der Waals surface area contributed by atoms with Crippen LogP contribution >= 0.6 is 0 Å². The van der Waals surface area contributed by atoms with Gasteiger partial charge in [0.05, 0.1) is 5.60 Å². The Morgan fingerprint density at radius 3 is 2.27 bits per heavy atom. The summed E-state index contributed by atoms with van der Waals surface area (Å²) in [5.74, 6) is -0.245. The monoisotopic (exact) mass is 361 g/mol. The summed E-state index contributed by atoms with van der Waals surface area (Å²) in [5.41, 5.74) is 0.437. The molecule has 138 valence electrons. The second-order valence-electron chi connectivity index (χ2n) is 6.55. The van der Waals surface area contributed by atoms with Crippen LogP contribution in [0, 0.1) is 0 Å². The Balaban J connectivity index is 1.55. The standard InChI is InChI=1S/C20H21F2NO3/c21-19(22)26-17-8-6-14(7-9-17)18(24)23-16-10-12-20(25,13-11-16)15-4-2-1-3-5-15/h1-9,16,19,25H,10-13H2,(H,23,24). The first-order chi connectivity index (χ1) is 12.5. The van der Waals surface area contributed by atoms with E-state index in [1.165, 1.54) is 24.3 Å². The van der Waals surface area contributed by atoms with E-state index in [1.54, 1.807) is 0 Å². The Kier molecular flexibility index (Phi) is 5.52. The Hall–Kier alpha value is -2.47. The zero-order valence-corrected chi connectivity index (χ0v) is 14.2. The molecule has 0 heterocycles. The predicted octanol–water partition coefficient (Wildman–Crippen LogP) is 3.85. The van der Waals surface area contributed by atoms with Crippen molar-refractivity contribution >= 4 is 5.91 Å². The first kappa shape index (κ1) is 18.3. The quantitative estimate of drug-likeness (QED) is 0.851. The third kappa shape index (κ3) is 4.38. The molecule has 0 unspecified atom stereocenters. The molecule has 1 saturated carbocycles. The van der Waals surface area contributed by atoms with Crippen LogP contribution in [-0.2, 0) is 5.60 Å². The van der Waals surface area contributed by atoms with Crippen molar-refractivity contribution in [3.63, 3.8) is 0 Å². The molecule has 0 aromatic heterocycles. The SMILES string of the molecule is O=C(NC1CCC(O)(c2ccccc2)CC1)c1ccc(OC(F)F)cc1. The van der Waals surface area contributed by atoms with Gasteiger partial charge in [0.1, 0.15) is 5.75 Å². The molecule has 6 heteroatoms. The molecular weight excluding hydrogens is 340 g/mol. The van der Waals surface area contributed by atoms with Gasteiger partial charge >= 0.3 is 6.61 Å². The number of halogens is 2. The molecule has 26 heavy (non-hydrogen) atoms. The van der Waals surface area contributed by atoms with Crippen molar-refractivity contribution < 1.29 is 23.4 Å². The first-order valence-corrected chi connectivity index (χ1v) is 8.60. The highest BCUT2D eigenvalue weighted by Gasteiger charge is 2.35. The normalized spacial score (nSPS) is 22.8. The summed E-state index contributed by atoms with van der Waals surface area (Å²) in [6, 6.07) is 15.1. The molecular formula is C20H21F2NO3. The van der Waals surface area contributed by atoms with Crippen LogP contribution in [0.5, 0.6) is 5.75 Å². The number of hydrogen-bond donors (Lipinski definition) is 2. The zero-order chi connectivity index (χ0) is 18.6. The number of ether oxygens (including phenoxy) is 1. The second kappa shape index (κ2) is 7.83. The average molecular weight is 361 g/mol. The summed E-state index contributed by atoms with van der Waals surface area (Å²) in [6.45, 7) is -2.89. The lowest BCUT2D eigenvalue weighted by Crippen LogP contribution is -2.42. The number of carbonyl (C=O) groups excluding carboxylic acids is 1. The Labute approximate surface area is 150 Å². The largest absolute Gasteiger partial charge is 0.435 e. The number of rotatable bonds is 5. The highest BCUT2D eigenvalue weighted by atomic mass is 19.3. The second-order valence-corrected chi connectivity index (χ2v) is 6.55. The summed E-state index contributed by atoms with van der Waals surface area (Å²) < 4.78 is 28.6. The Morgan fingerprint density at radius 2 is 1.69 bits per heavy atom. The van der Waals surface area contributed by atoms with Crippen LogP contribution in [0.3, 0.4) is 0 Å². The minimum absolute atomic E-state index is 0.0159. The lowest BCUT2D eigenvalue weighted by Gasteiger charge is -2.36. The van der Waals surface area contributed by atoms with E-state index in [2.05, 4.69) is 10.1 Å². The molecule has 0 aliphatic heterocycles. The number of amides is 1. The minimum atomic E-state index is -2.89. The van der Waals surface area contributed by atoms with Gasteiger partial charge < -0.3 is 15.2 Å². The van der Waals surface area contributed by atoms with Crippen molar-refractivity contribution in [3.05, 3.63) is 65.7 Å². The minimum Gasteiger partial charge on any atom is -0.435 e. The van der Waals surface area contributed by atoms with Gasteiger partial charge in [-0.25, -0.2) is 0 Å². The van der Waals surface area contributed by atoms with Crippen LogP contribution in [0.2, 0.25) is 0 Å². The summed E-state index contributed by atoms with van der Waals surface area (Å²) >= 11 is 0. The zero-order valence-electron chi connectivity index (χ0n) is 14.2. The van der Waals surface area contributed by atoms with Gasteiger partial charge in [0, 0.05) is 11.6 Å². The predicted molar refractivity (Wildman–Crippen MR) is 93.1 cm³/mol. The number of benzene rings is 2. The molecule has 1 aliphatic rings. The van der Waals surface area contributed by atoms with Gasteiger partial charge in [-0.3, -0.25) is 4.79 Å². The maximum absolute atomic E-state index is 12.3. The van der Waals surface area contributed by atoms with Crippen LogP contribution in [0.1, 0.15) is 41.6 Å². The molecule has 1 fully saturated rings. The molecule has 0 atom stereocenters. The molecule has 0 radical (unpaired) electrons. The Bertz CT molecular complexity index is 726. The van der Waals surface area contributed by atoms with Gasteiger partial charge in [0.15, 0.2) is 0 Å². The van der Waals surface area contributed by atoms with E-state index in [-0.39, 0.29) is 17.7 Å². The highest BCUT2D eigenvalue weighted by molar-refractivity contribution is 5.94. The van der Waals surface area contributed by atoms with Crippen LogP contribution in [0.25, 0.3) is 0 Å². The maximum atomic E-state index is 12.3. The summed E-state index contributed by atoms with van der Waals surface area (Å²) in [4.78, 5) is 12.3. The summed E-state index contributed by atoms with van der Waals surface area (Å²) in [7, 11) is 0. The van der Waals surface area contributed by atoms with Crippen LogP contribution < -0.4 is 10.1 Å². The van der Waals surface area contributed by atoms with Gasteiger partial charge in [-0.15, -0.1) is 0 Å². The lowest BCUT2D eigenvalue weighted by molar-refractivity contribution is -0.0498. The maximum Gasteiger partial charge on any atom is 0.387 e. The van der Waals surface area contributed by atoms with E-state index in [0.29, 0.717) is 31.2 Å². The Morgan fingerprint density at radius 1 is 1.08 bits per heavy atom. The van der Waals surface area contributed by atoms with Crippen molar-refractivity contribution in [2.24, 2.45) is 0 Å². The number of alkyl halides is 2. The third-order valence-corrected chi connectivity index (χ3v) is 4.80. The van der Waals surface area contributed by atoms with Crippen molar-refractivity contribution in [1.82, 2.24) is 5.32 Å². The van der Waals surface area contributed by atoms with Crippen LogP contribution in [0.4, 0.5) is 8.78 Å². The number of nitrogens with one attached hydrogen (secondary N) is 1. The smallest absolute Gasteiger partial charge is 0.387 e. The van der Waals surface area contributed by atoms with E-state index in [9.17, 15) is 18.7 Å². The molecule has 2 aromatic rings. The van der Waals surface area contributed by atoms with E-state index < -0.39 is 12.2 Å². The van der Waals surface area contributed by atoms with E-state index in [1.807, 2.05) is 30.3 Å². The van der Waals surface area contributed by atoms with Crippen molar-refractivity contribution in [1.29, 1.82) is 0 Å². The highest BCUT2D eigenvalue weighted by Crippen LogP contribution is 2.37. The molecule has 3 rings (SSSR count). The van der Waals surface area contributed by atoms with Gasteiger partial charge in [0.25, 0.3) is 5.91 Å². The van der Waals surface area contributed by atoms with E-state index >= 15 is 0 Å². The summed E-state index contributed by atoms with van der Waals surface area (Å²) in [5, 5.41) is 13.8. The fraction of sp³-hybridized carbons (Fsp3) is 0.350. The first-order valence-electron chi connectivity index (χ1n) is 8.60. The topological polar surface area (TPSA) is 58.6 Å². The van der Waals surface area contributed by atoms with Crippen molar-refractivity contribution in [3.8, 4) is 5.75 Å². The molecule has 0 saturated heterocycles. The molecule has 4 nitrogen and oxygen atoms in total. The van der Waals surface area contributed by atoms with Gasteiger partial charge in [-0.1, -0.05) is 30.3 Å². The van der Waals surface area contributed by atoms with Gasteiger partial charge in [0.2, 0.25) is 0 Å². The average Bonchev–Trinajstić information content (AvgIpc) is 2.64. The fourth-order valence-corrected chi connectivity index (χ4v) is 3.33. The molecule has 0 spiro atoms. The van der Waals surface area contributed by atoms with Crippen LogP contribution in [-0.4, -0.2) is 23.7 Å². The number of aliphatic hydroxyl groups is 1. The summed E-state index contributed by atoms with van der Waals surface area (Å²) in [6.07, 6.45) is 2.49. The molecule has 2 N–H and O–H groups in total. The molecule has 1 amide bonds. The van der Waals surface area contributed by atoms with E-state index in [0.717, 1.165) is 5.56 Å². The van der Waals surface area contributed by atoms with Crippen LogP contribution in [0.15, 0.2) is 54.6 Å². The van der Waals surface area contributed by atoms with Gasteiger partial charge in [-0.2, -0.15) is 8.78 Å². The van der Waals surface area contributed by atoms with Gasteiger partial charge in [-0.05, 0) is 55.5 Å².